The number of hydrogen-bond acceptors (Lipinski definition) is 5. The molecule has 6 nitrogen and oxygen atoms in total. The molecular formula is C14H22N4O2S. The third-order valence-electron chi connectivity index (χ3n) is 3.61. The van der Waals surface area contributed by atoms with Crippen molar-refractivity contribution in [3.8, 4) is 0 Å². The van der Waals surface area contributed by atoms with Gasteiger partial charge in [0.1, 0.15) is 16.7 Å². The predicted octanol–water partition coefficient (Wildman–Crippen LogP) is 1.34. The Hall–Kier alpha value is -1.47. The van der Waals surface area contributed by atoms with E-state index < -0.39 is 11.9 Å². The van der Waals surface area contributed by atoms with Crippen LogP contribution in [0.4, 0.5) is 0 Å². The lowest BCUT2D eigenvalue weighted by molar-refractivity contribution is -0.120. The number of hydrogen-bond donors (Lipinski definition) is 3. The van der Waals surface area contributed by atoms with E-state index in [-0.39, 0.29) is 11.9 Å². The maximum Gasteiger partial charge on any atom is 0.271 e. The van der Waals surface area contributed by atoms with Crippen molar-refractivity contribution >= 4 is 23.2 Å². The molecule has 7 heteroatoms. The molecule has 4 N–H and O–H groups in total. The number of amides is 2. The van der Waals surface area contributed by atoms with Gasteiger partial charge in [0.2, 0.25) is 5.91 Å². The van der Waals surface area contributed by atoms with Gasteiger partial charge in [0.25, 0.3) is 5.91 Å². The molecule has 1 aromatic heterocycles. The van der Waals surface area contributed by atoms with Gasteiger partial charge in [-0.3, -0.25) is 9.59 Å². The van der Waals surface area contributed by atoms with Crippen molar-refractivity contribution in [1.82, 2.24) is 15.6 Å². The van der Waals surface area contributed by atoms with Crippen molar-refractivity contribution in [3.05, 3.63) is 16.1 Å². The second-order valence-corrected chi connectivity index (χ2v) is 6.18. The summed E-state index contributed by atoms with van der Waals surface area (Å²) in [6.45, 7) is 3.02. The Bertz CT molecular complexity index is 497. The molecule has 0 radical (unpaired) electrons. The number of primary amides is 1. The minimum absolute atomic E-state index is 0.253. The molecule has 0 aliphatic carbocycles. The predicted molar refractivity (Wildman–Crippen MR) is 82.1 cm³/mol. The van der Waals surface area contributed by atoms with E-state index in [0.29, 0.717) is 12.1 Å². The number of unbranched alkanes of at least 4 members (excludes halogenated alkanes) is 1. The lowest BCUT2D eigenvalue weighted by Crippen LogP contribution is -2.44. The maximum atomic E-state index is 12.2. The minimum atomic E-state index is -0.618. The fourth-order valence-electron chi connectivity index (χ4n) is 2.37. The van der Waals surface area contributed by atoms with Crippen molar-refractivity contribution < 1.29 is 9.59 Å². The van der Waals surface area contributed by atoms with Gasteiger partial charge in [-0.2, -0.15) is 0 Å². The van der Waals surface area contributed by atoms with Gasteiger partial charge in [-0.15, -0.1) is 11.3 Å². The maximum absolute atomic E-state index is 12.2. The van der Waals surface area contributed by atoms with Crippen LogP contribution in [-0.2, 0) is 4.79 Å². The van der Waals surface area contributed by atoms with E-state index in [1.54, 1.807) is 5.38 Å². The normalized spacial score (nSPS) is 19.4. The van der Waals surface area contributed by atoms with Crippen LogP contribution >= 0.6 is 11.3 Å². The molecule has 116 valence electrons. The summed E-state index contributed by atoms with van der Waals surface area (Å²) in [5.41, 5.74) is 5.69. The number of nitrogens with zero attached hydrogens (tertiary/aromatic N) is 1. The zero-order chi connectivity index (χ0) is 15.2. The van der Waals surface area contributed by atoms with Gasteiger partial charge in [-0.05, 0) is 25.8 Å². The lowest BCUT2D eigenvalue weighted by Gasteiger charge is -2.14. The third kappa shape index (κ3) is 4.25. The third-order valence-corrected chi connectivity index (χ3v) is 4.57. The van der Waals surface area contributed by atoms with Crippen LogP contribution in [0.25, 0.3) is 0 Å². The molecule has 0 spiro atoms. The van der Waals surface area contributed by atoms with Crippen LogP contribution < -0.4 is 16.4 Å². The van der Waals surface area contributed by atoms with Crippen molar-refractivity contribution in [2.24, 2.45) is 5.73 Å². The van der Waals surface area contributed by atoms with Gasteiger partial charge in [0.15, 0.2) is 0 Å². The van der Waals surface area contributed by atoms with Gasteiger partial charge in [-0.25, -0.2) is 4.98 Å². The van der Waals surface area contributed by atoms with Crippen LogP contribution in [0.2, 0.25) is 0 Å². The first kappa shape index (κ1) is 15.9. The Morgan fingerprint density at radius 1 is 1.62 bits per heavy atom. The lowest BCUT2D eigenvalue weighted by atomic mass is 10.1. The average Bonchev–Trinajstić information content (AvgIpc) is 3.12. The number of rotatable bonds is 7. The standard InChI is InChI=1S/C14H22N4O2S/c1-2-3-5-9(12(15)19)17-13(20)11-8-21-14(18-11)10-6-4-7-16-10/h8-10,16H,2-7H2,1H3,(H2,15,19)(H,17,20). The molecule has 2 rings (SSSR count). The second-order valence-electron chi connectivity index (χ2n) is 5.29. The Morgan fingerprint density at radius 2 is 2.43 bits per heavy atom. The number of nitrogens with two attached hydrogens (primary N) is 1. The first-order valence-corrected chi connectivity index (χ1v) is 8.28. The molecule has 2 unspecified atom stereocenters. The fourth-order valence-corrected chi connectivity index (χ4v) is 3.28. The molecule has 0 saturated carbocycles. The van der Waals surface area contributed by atoms with E-state index in [1.165, 1.54) is 11.3 Å². The zero-order valence-electron chi connectivity index (χ0n) is 12.2. The van der Waals surface area contributed by atoms with Crippen molar-refractivity contribution in [1.29, 1.82) is 0 Å². The summed E-state index contributed by atoms with van der Waals surface area (Å²) < 4.78 is 0. The highest BCUT2D eigenvalue weighted by atomic mass is 32.1. The smallest absolute Gasteiger partial charge is 0.271 e. The summed E-state index contributed by atoms with van der Waals surface area (Å²) in [6, 6.07) is -0.365. The Balaban J connectivity index is 1.96. The molecule has 1 aromatic rings. The SMILES string of the molecule is CCCCC(NC(=O)c1csc(C2CCCN2)n1)C(N)=O. The van der Waals surface area contributed by atoms with Gasteiger partial charge in [0, 0.05) is 5.38 Å². The molecule has 1 saturated heterocycles. The summed E-state index contributed by atoms with van der Waals surface area (Å²) in [6.07, 6.45) is 4.55. The van der Waals surface area contributed by atoms with Gasteiger partial charge >= 0.3 is 0 Å². The highest BCUT2D eigenvalue weighted by Gasteiger charge is 2.23. The van der Waals surface area contributed by atoms with Gasteiger partial charge < -0.3 is 16.4 Å². The largest absolute Gasteiger partial charge is 0.368 e. The van der Waals surface area contributed by atoms with E-state index >= 15 is 0 Å². The molecule has 2 amide bonds. The fraction of sp³-hybridized carbons (Fsp3) is 0.643. The molecule has 21 heavy (non-hydrogen) atoms. The van der Waals surface area contributed by atoms with Crippen LogP contribution in [0.3, 0.4) is 0 Å². The molecule has 2 heterocycles. The summed E-state index contributed by atoms with van der Waals surface area (Å²) in [4.78, 5) is 27.9. The van der Waals surface area contributed by atoms with Crippen LogP contribution in [-0.4, -0.2) is 29.4 Å². The molecule has 1 aliphatic rings. The summed E-state index contributed by atoms with van der Waals surface area (Å²) in [5.74, 6) is -0.819. The highest BCUT2D eigenvalue weighted by molar-refractivity contribution is 7.09. The number of aromatic nitrogens is 1. The molecule has 2 atom stereocenters. The first-order chi connectivity index (χ1) is 10.1. The molecule has 0 bridgehead atoms. The Morgan fingerprint density at radius 3 is 3.05 bits per heavy atom. The van der Waals surface area contributed by atoms with Gasteiger partial charge in [-0.1, -0.05) is 19.8 Å². The highest BCUT2D eigenvalue weighted by Crippen LogP contribution is 2.25. The monoisotopic (exact) mass is 310 g/mol. The topological polar surface area (TPSA) is 97.1 Å². The first-order valence-electron chi connectivity index (χ1n) is 7.40. The summed E-state index contributed by atoms with van der Waals surface area (Å²) >= 11 is 1.48. The van der Waals surface area contributed by atoms with Crippen molar-refractivity contribution in [2.75, 3.05) is 6.54 Å². The Kier molecular flexibility index (Phi) is 5.69. The number of thiazole rings is 1. The minimum Gasteiger partial charge on any atom is -0.368 e. The number of carbonyl (C=O) groups excluding carboxylic acids is 2. The van der Waals surface area contributed by atoms with E-state index in [2.05, 4.69) is 15.6 Å². The van der Waals surface area contributed by atoms with Crippen LogP contribution in [0, 0.1) is 0 Å². The van der Waals surface area contributed by atoms with Gasteiger partial charge in [0.05, 0.1) is 6.04 Å². The molecule has 1 fully saturated rings. The van der Waals surface area contributed by atoms with Crippen LogP contribution in [0.1, 0.15) is 60.6 Å². The zero-order valence-corrected chi connectivity index (χ0v) is 13.0. The second kappa shape index (κ2) is 7.51. The van der Waals surface area contributed by atoms with Crippen molar-refractivity contribution in [2.45, 2.75) is 51.1 Å². The van der Waals surface area contributed by atoms with E-state index in [1.807, 2.05) is 6.92 Å². The van der Waals surface area contributed by atoms with E-state index in [9.17, 15) is 9.59 Å². The van der Waals surface area contributed by atoms with E-state index in [4.69, 9.17) is 5.73 Å². The Labute approximate surface area is 128 Å². The molecule has 0 aromatic carbocycles. The molecular weight excluding hydrogens is 288 g/mol. The van der Waals surface area contributed by atoms with E-state index in [0.717, 1.165) is 37.2 Å². The van der Waals surface area contributed by atoms with Crippen LogP contribution in [0.5, 0.6) is 0 Å². The quantitative estimate of drug-likeness (QED) is 0.708. The summed E-state index contributed by atoms with van der Waals surface area (Å²) in [7, 11) is 0. The molecule has 1 aliphatic heterocycles. The van der Waals surface area contributed by atoms with Crippen LogP contribution in [0.15, 0.2) is 5.38 Å². The average molecular weight is 310 g/mol. The summed E-state index contributed by atoms with van der Waals surface area (Å²) in [5, 5.41) is 8.71. The number of carbonyl (C=O) groups is 2. The van der Waals surface area contributed by atoms with Crippen molar-refractivity contribution in [3.63, 3.8) is 0 Å². The number of nitrogens with one attached hydrogen (secondary N) is 2.